The molecule has 0 bridgehead atoms. The van der Waals surface area contributed by atoms with Crippen molar-refractivity contribution in [1.82, 2.24) is 15.5 Å². The quantitative estimate of drug-likeness (QED) is 0.571. The second kappa shape index (κ2) is 5.04. The number of aromatic nitrogens is 2. The lowest BCUT2D eigenvalue weighted by molar-refractivity contribution is 0.429. The van der Waals surface area contributed by atoms with E-state index in [0.717, 1.165) is 17.9 Å². The van der Waals surface area contributed by atoms with Gasteiger partial charge in [0.25, 0.3) is 5.22 Å². The first kappa shape index (κ1) is 10.3. The van der Waals surface area contributed by atoms with Gasteiger partial charge in [-0.15, -0.1) is 10.2 Å². The summed E-state index contributed by atoms with van der Waals surface area (Å²) in [5.41, 5.74) is 1.11. The molecule has 0 saturated carbocycles. The summed E-state index contributed by atoms with van der Waals surface area (Å²) in [4.78, 5) is 0. The Kier molecular flexibility index (Phi) is 3.98. The molecule has 0 aromatic carbocycles. The minimum atomic E-state index is 0.599. The summed E-state index contributed by atoms with van der Waals surface area (Å²) < 4.78 is 5.19. The minimum Gasteiger partial charge on any atom is -0.416 e. The smallest absolute Gasteiger partial charge is 0.276 e. The van der Waals surface area contributed by atoms with Crippen LogP contribution in [0.15, 0.2) is 21.8 Å². The maximum absolute atomic E-state index is 5.19. The van der Waals surface area contributed by atoms with Crippen molar-refractivity contribution in [3.63, 3.8) is 0 Å². The fourth-order valence-corrected chi connectivity index (χ4v) is 1.51. The molecule has 13 heavy (non-hydrogen) atoms. The monoisotopic (exact) mass is 199 g/mol. The van der Waals surface area contributed by atoms with E-state index in [4.69, 9.17) is 4.42 Å². The Hall–Kier alpha value is -0.810. The Morgan fingerprint density at radius 3 is 2.92 bits per heavy atom. The highest BCUT2D eigenvalue weighted by Gasteiger charge is 2.03. The van der Waals surface area contributed by atoms with Crippen molar-refractivity contribution in [2.75, 3.05) is 19.3 Å². The van der Waals surface area contributed by atoms with E-state index < -0.39 is 0 Å². The zero-order valence-corrected chi connectivity index (χ0v) is 8.65. The number of rotatable bonds is 5. The van der Waals surface area contributed by atoms with Crippen LogP contribution in [0.3, 0.4) is 0 Å². The Morgan fingerprint density at radius 1 is 1.62 bits per heavy atom. The lowest BCUT2D eigenvalue weighted by Gasteiger charge is -2.00. The van der Waals surface area contributed by atoms with Crippen molar-refractivity contribution in [1.29, 1.82) is 0 Å². The SMILES string of the molecule is C=C(CNC)CSc1nnc(C)o1. The van der Waals surface area contributed by atoms with Gasteiger partial charge < -0.3 is 9.73 Å². The van der Waals surface area contributed by atoms with Gasteiger partial charge in [0, 0.05) is 19.2 Å². The molecular weight excluding hydrogens is 186 g/mol. The number of nitrogens with one attached hydrogen (secondary N) is 1. The molecule has 0 amide bonds. The van der Waals surface area contributed by atoms with Gasteiger partial charge in [0.05, 0.1) is 0 Å². The van der Waals surface area contributed by atoms with Crippen molar-refractivity contribution in [3.8, 4) is 0 Å². The van der Waals surface area contributed by atoms with Crippen LogP contribution in [0.1, 0.15) is 5.89 Å². The Morgan fingerprint density at radius 2 is 2.38 bits per heavy atom. The maximum atomic E-state index is 5.19. The number of nitrogens with zero attached hydrogens (tertiary/aromatic N) is 2. The van der Waals surface area contributed by atoms with Gasteiger partial charge in [-0.2, -0.15) is 0 Å². The summed E-state index contributed by atoms with van der Waals surface area (Å²) in [5, 5.41) is 11.2. The van der Waals surface area contributed by atoms with E-state index in [0.29, 0.717) is 11.1 Å². The van der Waals surface area contributed by atoms with Gasteiger partial charge in [0.1, 0.15) is 0 Å². The van der Waals surface area contributed by atoms with Gasteiger partial charge >= 0.3 is 0 Å². The Bertz CT molecular complexity index is 285. The highest BCUT2D eigenvalue weighted by molar-refractivity contribution is 7.99. The van der Waals surface area contributed by atoms with Gasteiger partial charge in [0.2, 0.25) is 5.89 Å². The third kappa shape index (κ3) is 3.61. The number of aryl methyl sites for hydroxylation is 1. The molecule has 1 N–H and O–H groups in total. The minimum absolute atomic E-state index is 0.599. The number of likely N-dealkylation sites (N-methyl/N-ethyl adjacent to an activating group) is 1. The lowest BCUT2D eigenvalue weighted by atomic mass is 10.3. The van der Waals surface area contributed by atoms with Gasteiger partial charge in [-0.25, -0.2) is 0 Å². The molecule has 0 saturated heterocycles. The fourth-order valence-electron chi connectivity index (χ4n) is 0.802. The Labute approximate surface area is 81.8 Å². The lowest BCUT2D eigenvalue weighted by Crippen LogP contribution is -2.10. The summed E-state index contributed by atoms with van der Waals surface area (Å²) in [6.45, 7) is 6.49. The first-order valence-corrected chi connectivity index (χ1v) is 4.95. The first-order valence-electron chi connectivity index (χ1n) is 3.96. The molecule has 1 aromatic heterocycles. The molecule has 1 heterocycles. The molecule has 0 spiro atoms. The summed E-state index contributed by atoms with van der Waals surface area (Å²) in [7, 11) is 1.90. The van der Waals surface area contributed by atoms with Gasteiger partial charge in [-0.1, -0.05) is 23.9 Å². The zero-order valence-electron chi connectivity index (χ0n) is 7.83. The van der Waals surface area contributed by atoms with Crippen LogP contribution >= 0.6 is 11.8 Å². The highest BCUT2D eigenvalue weighted by atomic mass is 32.2. The van der Waals surface area contributed by atoms with Gasteiger partial charge in [-0.3, -0.25) is 0 Å². The fraction of sp³-hybridized carbons (Fsp3) is 0.500. The van der Waals surface area contributed by atoms with Crippen molar-refractivity contribution < 1.29 is 4.42 Å². The standard InChI is InChI=1S/C8H13N3OS/c1-6(4-9-3)5-13-8-11-10-7(2)12-8/h9H,1,4-5H2,2-3H3. The maximum Gasteiger partial charge on any atom is 0.276 e. The zero-order chi connectivity index (χ0) is 9.68. The normalized spacial score (nSPS) is 10.3. The average Bonchev–Trinajstić information content (AvgIpc) is 2.49. The van der Waals surface area contributed by atoms with E-state index in [2.05, 4.69) is 22.1 Å². The molecule has 4 nitrogen and oxygen atoms in total. The van der Waals surface area contributed by atoms with Crippen LogP contribution < -0.4 is 5.32 Å². The van der Waals surface area contributed by atoms with E-state index >= 15 is 0 Å². The predicted octanol–water partition coefficient (Wildman–Crippen LogP) is 1.25. The Balaban J connectivity index is 2.30. The molecule has 72 valence electrons. The second-order valence-corrected chi connectivity index (χ2v) is 3.58. The first-order chi connectivity index (χ1) is 6.22. The summed E-state index contributed by atoms with van der Waals surface area (Å²) in [6.07, 6.45) is 0. The van der Waals surface area contributed by atoms with Crippen LogP contribution in [0, 0.1) is 6.92 Å². The van der Waals surface area contributed by atoms with Crippen LogP contribution in [-0.4, -0.2) is 29.5 Å². The molecule has 1 aromatic rings. The van der Waals surface area contributed by atoms with E-state index in [-0.39, 0.29) is 0 Å². The molecule has 0 atom stereocenters. The summed E-state index contributed by atoms with van der Waals surface area (Å²) in [5.74, 6) is 1.41. The van der Waals surface area contributed by atoms with E-state index in [1.165, 1.54) is 11.8 Å². The summed E-state index contributed by atoms with van der Waals surface area (Å²) >= 11 is 1.51. The molecule has 0 radical (unpaired) electrons. The number of hydrogen-bond acceptors (Lipinski definition) is 5. The predicted molar refractivity (Wildman–Crippen MR) is 52.8 cm³/mol. The van der Waals surface area contributed by atoms with Crippen LogP contribution in [0.2, 0.25) is 0 Å². The molecule has 0 unspecified atom stereocenters. The van der Waals surface area contributed by atoms with Crippen molar-refractivity contribution >= 4 is 11.8 Å². The average molecular weight is 199 g/mol. The van der Waals surface area contributed by atoms with Crippen molar-refractivity contribution in [2.45, 2.75) is 12.1 Å². The molecule has 0 aliphatic carbocycles. The van der Waals surface area contributed by atoms with Crippen molar-refractivity contribution in [3.05, 3.63) is 18.0 Å². The van der Waals surface area contributed by atoms with Gasteiger partial charge in [0.15, 0.2) is 0 Å². The number of thioether (sulfide) groups is 1. The van der Waals surface area contributed by atoms with Crippen LogP contribution in [0.25, 0.3) is 0 Å². The molecule has 5 heteroatoms. The van der Waals surface area contributed by atoms with E-state index in [1.807, 2.05) is 7.05 Å². The molecule has 0 aliphatic heterocycles. The third-order valence-electron chi connectivity index (χ3n) is 1.33. The van der Waals surface area contributed by atoms with E-state index in [1.54, 1.807) is 6.92 Å². The van der Waals surface area contributed by atoms with Crippen LogP contribution in [0.5, 0.6) is 0 Å². The highest BCUT2D eigenvalue weighted by Crippen LogP contribution is 2.17. The largest absolute Gasteiger partial charge is 0.416 e. The second-order valence-electron chi connectivity index (χ2n) is 2.66. The third-order valence-corrected chi connectivity index (χ3v) is 2.30. The number of hydrogen-bond donors (Lipinski definition) is 1. The topological polar surface area (TPSA) is 51.0 Å². The summed E-state index contributed by atoms with van der Waals surface area (Å²) in [6, 6.07) is 0. The van der Waals surface area contributed by atoms with Crippen LogP contribution in [0.4, 0.5) is 0 Å². The van der Waals surface area contributed by atoms with Crippen molar-refractivity contribution in [2.24, 2.45) is 0 Å². The van der Waals surface area contributed by atoms with Crippen LogP contribution in [-0.2, 0) is 0 Å². The molecular formula is C8H13N3OS. The molecule has 0 fully saturated rings. The molecule has 0 aliphatic rings. The van der Waals surface area contributed by atoms with Gasteiger partial charge in [-0.05, 0) is 7.05 Å². The molecule has 1 rings (SSSR count). The van der Waals surface area contributed by atoms with E-state index in [9.17, 15) is 0 Å².